The highest BCUT2D eigenvalue weighted by atomic mass is 28.3. The highest BCUT2D eigenvalue weighted by molar-refractivity contribution is 6.76. The third kappa shape index (κ3) is 3.03. The number of amides is 1. The van der Waals surface area contributed by atoms with E-state index in [-0.39, 0.29) is 5.91 Å². The first kappa shape index (κ1) is 11.0. The molecule has 0 saturated heterocycles. The maximum Gasteiger partial charge on any atom is 0.256 e. The van der Waals surface area contributed by atoms with Crippen molar-refractivity contribution in [3.63, 3.8) is 0 Å². The van der Waals surface area contributed by atoms with Gasteiger partial charge >= 0.3 is 0 Å². The van der Waals surface area contributed by atoms with Gasteiger partial charge in [0.2, 0.25) is 0 Å². The summed E-state index contributed by atoms with van der Waals surface area (Å²) in [7, 11) is 0.620. The van der Waals surface area contributed by atoms with E-state index in [1.165, 1.54) is 12.5 Å². The van der Waals surface area contributed by atoms with Crippen LogP contribution in [0.1, 0.15) is 10.4 Å². The Kier molecular flexibility index (Phi) is 3.16. The Hall–Kier alpha value is -1.03. The predicted octanol–water partition coefficient (Wildman–Crippen LogP) is 2.23. The molecule has 78 valence electrons. The zero-order chi connectivity index (χ0) is 10.8. The Bertz CT molecular complexity index is 300. The number of furan rings is 1. The molecular formula is C10H17NO2Si. The van der Waals surface area contributed by atoms with E-state index < -0.39 is 8.07 Å². The minimum absolute atomic E-state index is 0.0428. The Morgan fingerprint density at radius 1 is 1.50 bits per heavy atom. The van der Waals surface area contributed by atoms with Gasteiger partial charge in [-0.3, -0.25) is 4.79 Å². The molecule has 0 radical (unpaired) electrons. The maximum absolute atomic E-state index is 11.8. The van der Waals surface area contributed by atoms with Gasteiger partial charge in [-0.2, -0.15) is 0 Å². The first-order valence-corrected chi connectivity index (χ1v) is 8.38. The molecular weight excluding hydrogens is 194 g/mol. The lowest BCUT2D eigenvalue weighted by molar-refractivity contribution is 0.0814. The molecule has 1 aromatic heterocycles. The van der Waals surface area contributed by atoms with Gasteiger partial charge in [0, 0.05) is 13.2 Å². The summed E-state index contributed by atoms with van der Waals surface area (Å²) < 4.78 is 4.88. The molecule has 0 fully saturated rings. The number of nitrogens with zero attached hydrogens (tertiary/aromatic N) is 1. The molecule has 0 saturated carbocycles. The van der Waals surface area contributed by atoms with Crippen molar-refractivity contribution in [2.24, 2.45) is 0 Å². The number of carbonyl (C=O) groups is 1. The lowest BCUT2D eigenvalue weighted by Crippen LogP contribution is -2.41. The molecule has 1 amide bonds. The fourth-order valence-corrected chi connectivity index (χ4v) is 2.96. The lowest BCUT2D eigenvalue weighted by Gasteiger charge is -2.24. The van der Waals surface area contributed by atoms with Gasteiger partial charge in [0.25, 0.3) is 5.91 Å². The Morgan fingerprint density at radius 3 is 2.57 bits per heavy atom. The van der Waals surface area contributed by atoms with Crippen LogP contribution in [0.5, 0.6) is 0 Å². The fourth-order valence-electron chi connectivity index (χ4n) is 1.39. The van der Waals surface area contributed by atoms with E-state index in [1.54, 1.807) is 11.0 Å². The average Bonchev–Trinajstić information content (AvgIpc) is 2.51. The summed E-state index contributed by atoms with van der Waals surface area (Å²) in [6, 6.07) is 1.70. The number of hydrogen-bond acceptors (Lipinski definition) is 2. The highest BCUT2D eigenvalue weighted by Crippen LogP contribution is 2.08. The van der Waals surface area contributed by atoms with Crippen LogP contribution >= 0.6 is 0 Å². The third-order valence-corrected chi connectivity index (χ3v) is 3.25. The summed E-state index contributed by atoms with van der Waals surface area (Å²) in [6.45, 7) is 6.73. The van der Waals surface area contributed by atoms with Crippen LogP contribution in [0.3, 0.4) is 0 Å². The second-order valence-corrected chi connectivity index (χ2v) is 10.2. The van der Waals surface area contributed by atoms with E-state index in [4.69, 9.17) is 4.42 Å². The molecule has 0 aromatic carbocycles. The summed E-state index contributed by atoms with van der Waals surface area (Å²) in [6.07, 6.45) is 3.88. The summed E-state index contributed by atoms with van der Waals surface area (Å²) in [5.41, 5.74) is 0.630. The van der Waals surface area contributed by atoms with Crippen molar-refractivity contribution in [1.29, 1.82) is 0 Å². The van der Waals surface area contributed by atoms with Crippen LogP contribution in [-0.4, -0.2) is 32.1 Å². The largest absolute Gasteiger partial charge is 0.472 e. The van der Waals surface area contributed by atoms with E-state index in [0.717, 1.165) is 6.17 Å². The molecule has 0 unspecified atom stereocenters. The normalized spacial score (nSPS) is 11.4. The fraction of sp³-hybridized carbons (Fsp3) is 0.500. The highest BCUT2D eigenvalue weighted by Gasteiger charge is 2.20. The van der Waals surface area contributed by atoms with Gasteiger partial charge in [-0.15, -0.1) is 0 Å². The molecule has 14 heavy (non-hydrogen) atoms. The van der Waals surface area contributed by atoms with Crippen LogP contribution in [0, 0.1) is 0 Å². The minimum Gasteiger partial charge on any atom is -0.472 e. The van der Waals surface area contributed by atoms with Gasteiger partial charge in [0.15, 0.2) is 0 Å². The first-order valence-electron chi connectivity index (χ1n) is 4.68. The average molecular weight is 211 g/mol. The van der Waals surface area contributed by atoms with Crippen LogP contribution in [0.4, 0.5) is 0 Å². The summed E-state index contributed by atoms with van der Waals surface area (Å²) in [5.74, 6) is 0.0428. The zero-order valence-electron chi connectivity index (χ0n) is 9.20. The molecule has 0 aliphatic heterocycles. The van der Waals surface area contributed by atoms with Crippen molar-refractivity contribution in [1.82, 2.24) is 4.90 Å². The second-order valence-electron chi connectivity index (χ2n) is 4.73. The van der Waals surface area contributed by atoms with Crippen molar-refractivity contribution in [3.8, 4) is 0 Å². The van der Waals surface area contributed by atoms with Crippen LogP contribution in [0.25, 0.3) is 0 Å². The SMILES string of the molecule is CN(C[Si](C)(C)C)C(=O)c1ccoc1. The molecule has 3 nitrogen and oxygen atoms in total. The Balaban J connectivity index is 2.63. The van der Waals surface area contributed by atoms with Gasteiger partial charge in [0.1, 0.15) is 6.26 Å². The molecule has 0 aliphatic carbocycles. The molecule has 0 N–H and O–H groups in total. The molecule has 0 bridgehead atoms. The predicted molar refractivity (Wildman–Crippen MR) is 59.0 cm³/mol. The number of carbonyl (C=O) groups excluding carboxylic acids is 1. The molecule has 1 heterocycles. The van der Waals surface area contributed by atoms with Crippen LogP contribution < -0.4 is 0 Å². The summed E-state index contributed by atoms with van der Waals surface area (Å²) in [4.78, 5) is 13.5. The van der Waals surface area contributed by atoms with Gasteiger partial charge in [-0.05, 0) is 6.07 Å². The van der Waals surface area contributed by atoms with Gasteiger partial charge in [-0.25, -0.2) is 0 Å². The van der Waals surface area contributed by atoms with Crippen LogP contribution in [0.2, 0.25) is 19.6 Å². The van der Waals surface area contributed by atoms with E-state index in [9.17, 15) is 4.79 Å². The first-order chi connectivity index (χ1) is 6.40. The van der Waals surface area contributed by atoms with Gasteiger partial charge in [-0.1, -0.05) is 19.6 Å². The van der Waals surface area contributed by atoms with Crippen molar-refractivity contribution < 1.29 is 9.21 Å². The van der Waals surface area contributed by atoms with Crippen molar-refractivity contribution >= 4 is 14.0 Å². The van der Waals surface area contributed by atoms with Gasteiger partial charge < -0.3 is 9.32 Å². The van der Waals surface area contributed by atoms with E-state index in [1.807, 2.05) is 7.05 Å². The molecule has 0 spiro atoms. The molecule has 4 heteroatoms. The monoisotopic (exact) mass is 211 g/mol. The van der Waals surface area contributed by atoms with Gasteiger partial charge in [0.05, 0.1) is 19.9 Å². The zero-order valence-corrected chi connectivity index (χ0v) is 10.2. The van der Waals surface area contributed by atoms with Crippen molar-refractivity contribution in [2.45, 2.75) is 19.6 Å². The summed E-state index contributed by atoms with van der Waals surface area (Å²) in [5, 5.41) is 0. The number of hydrogen-bond donors (Lipinski definition) is 0. The lowest BCUT2D eigenvalue weighted by atomic mass is 10.3. The molecule has 1 aromatic rings. The summed E-state index contributed by atoms with van der Waals surface area (Å²) >= 11 is 0. The Morgan fingerprint density at radius 2 is 2.14 bits per heavy atom. The smallest absolute Gasteiger partial charge is 0.256 e. The van der Waals surface area contributed by atoms with Crippen LogP contribution in [0.15, 0.2) is 23.0 Å². The van der Waals surface area contributed by atoms with Crippen molar-refractivity contribution in [2.75, 3.05) is 13.2 Å². The molecule has 0 atom stereocenters. The molecule has 1 rings (SSSR count). The van der Waals surface area contributed by atoms with Crippen molar-refractivity contribution in [3.05, 3.63) is 24.2 Å². The number of rotatable bonds is 3. The van der Waals surface area contributed by atoms with E-state index in [0.29, 0.717) is 5.56 Å². The topological polar surface area (TPSA) is 33.5 Å². The standard InChI is InChI=1S/C10H17NO2Si/c1-11(8-14(2,3)4)10(12)9-5-6-13-7-9/h5-7H,8H2,1-4H3. The maximum atomic E-state index is 11.8. The van der Waals surface area contributed by atoms with E-state index >= 15 is 0 Å². The second kappa shape index (κ2) is 4.00. The van der Waals surface area contributed by atoms with Crippen LogP contribution in [-0.2, 0) is 0 Å². The quantitative estimate of drug-likeness (QED) is 0.718. The Labute approximate surface area is 85.7 Å². The van der Waals surface area contributed by atoms with E-state index in [2.05, 4.69) is 19.6 Å². The third-order valence-electron chi connectivity index (χ3n) is 1.83. The minimum atomic E-state index is -1.22. The molecule has 0 aliphatic rings.